The highest BCUT2D eigenvalue weighted by atomic mass is 35.5. The van der Waals surface area contributed by atoms with Gasteiger partial charge in [0.05, 0.1) is 17.2 Å². The van der Waals surface area contributed by atoms with Crippen molar-refractivity contribution in [1.29, 1.82) is 0 Å². The van der Waals surface area contributed by atoms with Gasteiger partial charge in [0.15, 0.2) is 0 Å². The fourth-order valence-electron chi connectivity index (χ4n) is 3.36. The van der Waals surface area contributed by atoms with Gasteiger partial charge in [-0.15, -0.1) is 0 Å². The van der Waals surface area contributed by atoms with Gasteiger partial charge in [-0.1, -0.05) is 23.2 Å². The predicted octanol–water partition coefficient (Wildman–Crippen LogP) is 6.18. The lowest BCUT2D eigenvalue weighted by atomic mass is 10.1. The van der Waals surface area contributed by atoms with Gasteiger partial charge in [0.25, 0.3) is 0 Å². The Labute approximate surface area is 194 Å². The highest BCUT2D eigenvalue weighted by molar-refractivity contribution is 7.96. The van der Waals surface area contributed by atoms with Crippen molar-refractivity contribution in [3.63, 3.8) is 0 Å². The van der Waals surface area contributed by atoms with E-state index in [1.807, 2.05) is 6.92 Å². The number of allylic oxidation sites excluding steroid dienone is 1. The van der Waals surface area contributed by atoms with Crippen molar-refractivity contribution in [3.05, 3.63) is 93.2 Å². The van der Waals surface area contributed by atoms with Crippen LogP contribution >= 0.6 is 23.2 Å². The summed E-state index contributed by atoms with van der Waals surface area (Å²) >= 11 is 12.2. The normalized spacial score (nSPS) is 14.5. The van der Waals surface area contributed by atoms with Gasteiger partial charge in [-0.05, 0) is 67.6 Å². The first kappa shape index (κ1) is 22.3. The number of fused-ring (bicyclic) bond motifs is 1. The van der Waals surface area contributed by atoms with E-state index in [4.69, 9.17) is 27.9 Å². The lowest BCUT2D eigenvalue weighted by Gasteiger charge is -2.29. The number of hydrogen-bond acceptors (Lipinski definition) is 5. The monoisotopic (exact) mass is 491 g/mol. The van der Waals surface area contributed by atoms with Crippen LogP contribution in [0.4, 0.5) is 15.8 Å². The number of rotatable bonds is 5. The molecule has 9 heteroatoms. The maximum Gasteiger partial charge on any atom is 0.214 e. The molecule has 0 aliphatic carbocycles. The van der Waals surface area contributed by atoms with Gasteiger partial charge in [0, 0.05) is 27.5 Å². The second-order valence-electron chi connectivity index (χ2n) is 6.89. The summed E-state index contributed by atoms with van der Waals surface area (Å²) < 4.78 is 46.0. The van der Waals surface area contributed by atoms with Crippen LogP contribution in [0.2, 0.25) is 10.0 Å². The Morgan fingerprint density at radius 3 is 2.28 bits per heavy atom. The zero-order chi connectivity index (χ0) is 23.0. The summed E-state index contributed by atoms with van der Waals surface area (Å²) in [6.45, 7) is 2.28. The minimum Gasteiger partial charge on any atom is -0.494 e. The van der Waals surface area contributed by atoms with E-state index in [-0.39, 0.29) is 16.1 Å². The Bertz CT molecular complexity index is 1330. The molecule has 3 aromatic carbocycles. The summed E-state index contributed by atoms with van der Waals surface area (Å²) in [5.41, 5.74) is 0.589. The second kappa shape index (κ2) is 8.58. The molecule has 0 fully saturated rings. The summed E-state index contributed by atoms with van der Waals surface area (Å²) in [4.78, 5) is 14.0. The van der Waals surface area contributed by atoms with Crippen LogP contribution in [0.25, 0.3) is 0 Å². The first-order valence-corrected chi connectivity index (χ1v) is 11.7. The molecule has 4 rings (SSSR count). The SMILES string of the molecule is CCOc1ccc(C(=O)C2=CN(c3cc(Cl)cc(Cl)c3)c3cc(F)ccc3S2(=O)=O)cc1. The summed E-state index contributed by atoms with van der Waals surface area (Å²) in [6, 6.07) is 14.0. The maximum atomic E-state index is 14.0. The smallest absolute Gasteiger partial charge is 0.214 e. The molecular formula is C23H16Cl2FNO4S. The summed E-state index contributed by atoms with van der Waals surface area (Å²) in [6.07, 6.45) is 1.16. The number of sulfone groups is 1. The molecule has 0 N–H and O–H groups in total. The minimum absolute atomic E-state index is 0.0478. The Morgan fingerprint density at radius 1 is 1.00 bits per heavy atom. The number of carbonyl (C=O) groups is 1. The molecule has 164 valence electrons. The molecule has 0 spiro atoms. The quantitative estimate of drug-likeness (QED) is 0.314. The number of anilines is 2. The van der Waals surface area contributed by atoms with Crippen LogP contribution in [0.1, 0.15) is 17.3 Å². The molecular weight excluding hydrogens is 476 g/mol. The second-order valence-corrected chi connectivity index (χ2v) is 9.65. The number of carbonyl (C=O) groups excluding carboxylic acids is 1. The Kier molecular flexibility index (Phi) is 5.99. The molecule has 0 saturated carbocycles. The van der Waals surface area contributed by atoms with Crippen molar-refractivity contribution >= 4 is 50.2 Å². The Balaban J connectivity index is 1.88. The molecule has 0 radical (unpaired) electrons. The first-order chi connectivity index (χ1) is 15.2. The summed E-state index contributed by atoms with van der Waals surface area (Å²) in [5, 5.41) is 0.596. The largest absolute Gasteiger partial charge is 0.494 e. The molecule has 1 aliphatic heterocycles. The van der Waals surface area contributed by atoms with Gasteiger partial charge in [0.2, 0.25) is 15.6 Å². The molecule has 0 saturated heterocycles. The van der Waals surface area contributed by atoms with E-state index in [0.717, 1.165) is 24.4 Å². The fourth-order valence-corrected chi connectivity index (χ4v) is 5.40. The fraction of sp³-hybridized carbons (Fsp3) is 0.0870. The number of ether oxygens (including phenoxy) is 1. The molecule has 3 aromatic rings. The van der Waals surface area contributed by atoms with Gasteiger partial charge < -0.3 is 9.64 Å². The third-order valence-corrected chi connectivity index (χ3v) is 7.01. The summed E-state index contributed by atoms with van der Waals surface area (Å²) in [5.74, 6) is -0.784. The minimum atomic E-state index is -4.22. The van der Waals surface area contributed by atoms with E-state index in [0.29, 0.717) is 28.1 Å². The van der Waals surface area contributed by atoms with Crippen LogP contribution in [0, 0.1) is 5.82 Å². The third kappa shape index (κ3) is 4.11. The van der Waals surface area contributed by atoms with Crippen molar-refractivity contribution < 1.29 is 22.3 Å². The van der Waals surface area contributed by atoms with Gasteiger partial charge in [-0.25, -0.2) is 12.8 Å². The van der Waals surface area contributed by atoms with Crippen LogP contribution in [0.15, 0.2) is 76.7 Å². The third-order valence-electron chi connectivity index (χ3n) is 4.78. The van der Waals surface area contributed by atoms with Crippen LogP contribution in [-0.4, -0.2) is 20.8 Å². The summed E-state index contributed by atoms with van der Waals surface area (Å²) in [7, 11) is -4.22. The van der Waals surface area contributed by atoms with Gasteiger partial charge in [0.1, 0.15) is 16.5 Å². The predicted molar refractivity (Wildman–Crippen MR) is 122 cm³/mol. The maximum absolute atomic E-state index is 14.0. The standard InChI is InChI=1S/C23H16Cl2FNO4S/c1-2-31-19-6-3-14(4-7-19)23(28)22-13-27(18-10-15(24)9-16(25)11-18)20-12-17(26)5-8-21(20)32(22,29)30/h3-13H,2H2,1H3. The number of hydrogen-bond donors (Lipinski definition) is 0. The topological polar surface area (TPSA) is 63.7 Å². The van der Waals surface area contributed by atoms with Gasteiger partial charge in [-0.2, -0.15) is 0 Å². The van der Waals surface area contributed by atoms with E-state index in [1.165, 1.54) is 35.2 Å². The first-order valence-electron chi connectivity index (χ1n) is 9.50. The zero-order valence-electron chi connectivity index (χ0n) is 16.7. The van der Waals surface area contributed by atoms with E-state index in [1.54, 1.807) is 12.1 Å². The van der Waals surface area contributed by atoms with Crippen molar-refractivity contribution in [2.24, 2.45) is 0 Å². The molecule has 0 atom stereocenters. The van der Waals surface area contributed by atoms with Crippen LogP contribution in [0.3, 0.4) is 0 Å². The number of halogens is 3. The lowest BCUT2D eigenvalue weighted by Crippen LogP contribution is -2.26. The highest BCUT2D eigenvalue weighted by Gasteiger charge is 2.36. The Hall–Kier alpha value is -2.87. The molecule has 32 heavy (non-hydrogen) atoms. The molecule has 1 heterocycles. The van der Waals surface area contributed by atoms with Crippen LogP contribution in [-0.2, 0) is 9.84 Å². The van der Waals surface area contributed by atoms with Crippen molar-refractivity contribution in [2.45, 2.75) is 11.8 Å². The average Bonchev–Trinajstić information content (AvgIpc) is 2.73. The zero-order valence-corrected chi connectivity index (χ0v) is 19.0. The molecule has 0 bridgehead atoms. The molecule has 1 aliphatic rings. The van der Waals surface area contributed by atoms with Crippen molar-refractivity contribution in [1.82, 2.24) is 0 Å². The Morgan fingerprint density at radius 2 is 1.66 bits per heavy atom. The average molecular weight is 492 g/mol. The van der Waals surface area contributed by atoms with Crippen molar-refractivity contribution in [3.8, 4) is 5.75 Å². The van der Waals surface area contributed by atoms with Gasteiger partial charge in [-0.3, -0.25) is 4.79 Å². The van der Waals surface area contributed by atoms with E-state index in [9.17, 15) is 17.6 Å². The molecule has 5 nitrogen and oxygen atoms in total. The van der Waals surface area contributed by atoms with Crippen LogP contribution < -0.4 is 9.64 Å². The van der Waals surface area contributed by atoms with E-state index in [2.05, 4.69) is 0 Å². The number of benzene rings is 3. The van der Waals surface area contributed by atoms with E-state index >= 15 is 0 Å². The number of Topliss-reactive ketones (excluding diaryl/α,β-unsaturated/α-hetero) is 1. The van der Waals surface area contributed by atoms with Crippen LogP contribution in [0.5, 0.6) is 5.75 Å². The molecule has 0 unspecified atom stereocenters. The lowest BCUT2D eigenvalue weighted by molar-refractivity contribution is 0.104. The van der Waals surface area contributed by atoms with Crippen molar-refractivity contribution in [2.75, 3.05) is 11.5 Å². The number of ketones is 1. The number of nitrogens with zero attached hydrogens (tertiary/aromatic N) is 1. The van der Waals surface area contributed by atoms with Gasteiger partial charge >= 0.3 is 0 Å². The highest BCUT2D eigenvalue weighted by Crippen LogP contribution is 2.42. The molecule has 0 aromatic heterocycles. The molecule has 0 amide bonds. The van der Waals surface area contributed by atoms with E-state index < -0.39 is 26.3 Å².